The Morgan fingerprint density at radius 2 is 2.06 bits per heavy atom. The highest BCUT2D eigenvalue weighted by Crippen LogP contribution is 2.40. The Balaban J connectivity index is 1.72. The molecule has 0 amide bonds. The van der Waals surface area contributed by atoms with Gasteiger partial charge in [-0.2, -0.15) is 0 Å². The van der Waals surface area contributed by atoms with Gasteiger partial charge in [0.15, 0.2) is 11.6 Å². The summed E-state index contributed by atoms with van der Waals surface area (Å²) in [7, 11) is 0. The van der Waals surface area contributed by atoms with Gasteiger partial charge in [-0.1, -0.05) is 6.07 Å². The molecule has 0 aromatic heterocycles. The zero-order chi connectivity index (χ0) is 11.8. The molecule has 1 aromatic carbocycles. The van der Waals surface area contributed by atoms with Crippen molar-refractivity contribution in [3.8, 4) is 5.75 Å². The summed E-state index contributed by atoms with van der Waals surface area (Å²) in [6.07, 6.45) is 4.80. The van der Waals surface area contributed by atoms with Crippen LogP contribution in [0.5, 0.6) is 5.75 Å². The predicted octanol–water partition coefficient (Wildman–Crippen LogP) is 3.02. The van der Waals surface area contributed by atoms with E-state index in [9.17, 15) is 4.39 Å². The topological polar surface area (TPSA) is 35.2 Å². The number of halogens is 1. The monoisotopic (exact) mass is 235 g/mol. The molecular formula is C14H18FNO. The highest BCUT2D eigenvalue weighted by molar-refractivity contribution is 5.33. The Morgan fingerprint density at radius 1 is 1.29 bits per heavy atom. The van der Waals surface area contributed by atoms with E-state index < -0.39 is 0 Å². The van der Waals surface area contributed by atoms with Crippen molar-refractivity contribution in [3.05, 3.63) is 29.6 Å². The van der Waals surface area contributed by atoms with Crippen LogP contribution in [0.25, 0.3) is 0 Å². The van der Waals surface area contributed by atoms with E-state index in [4.69, 9.17) is 10.5 Å². The summed E-state index contributed by atoms with van der Waals surface area (Å²) in [4.78, 5) is 0. The first-order chi connectivity index (χ1) is 8.24. The third-order valence-electron chi connectivity index (χ3n) is 3.64. The van der Waals surface area contributed by atoms with Crippen LogP contribution in [0.3, 0.4) is 0 Å². The first-order valence-corrected chi connectivity index (χ1v) is 6.42. The largest absolute Gasteiger partial charge is 0.490 e. The van der Waals surface area contributed by atoms with Crippen LogP contribution < -0.4 is 10.5 Å². The molecule has 0 unspecified atom stereocenters. The highest BCUT2D eigenvalue weighted by Gasteiger charge is 2.30. The maximum absolute atomic E-state index is 13.6. The molecule has 2 nitrogen and oxygen atoms in total. The molecule has 2 fully saturated rings. The van der Waals surface area contributed by atoms with Gasteiger partial charge in [-0.3, -0.25) is 0 Å². The Hall–Kier alpha value is -1.09. The van der Waals surface area contributed by atoms with Crippen LogP contribution in [-0.2, 0) is 0 Å². The molecule has 1 aromatic rings. The highest BCUT2D eigenvalue weighted by atomic mass is 19.1. The molecule has 0 radical (unpaired) electrons. The number of benzene rings is 1. The zero-order valence-electron chi connectivity index (χ0n) is 9.86. The summed E-state index contributed by atoms with van der Waals surface area (Å²) < 4.78 is 19.1. The van der Waals surface area contributed by atoms with E-state index in [2.05, 4.69) is 0 Å². The Bertz CT molecular complexity index is 413. The van der Waals surface area contributed by atoms with Crippen molar-refractivity contribution in [1.29, 1.82) is 0 Å². The first kappa shape index (κ1) is 11.0. The van der Waals surface area contributed by atoms with Gasteiger partial charge in [0.2, 0.25) is 0 Å². The lowest BCUT2D eigenvalue weighted by molar-refractivity contribution is 0.284. The fraction of sp³-hybridized carbons (Fsp3) is 0.571. The second-order valence-corrected chi connectivity index (χ2v) is 5.31. The predicted molar refractivity (Wildman–Crippen MR) is 64.3 cm³/mol. The molecule has 92 valence electrons. The maximum Gasteiger partial charge on any atom is 0.165 e. The van der Waals surface area contributed by atoms with Crippen LogP contribution in [0.1, 0.15) is 37.3 Å². The third kappa shape index (κ3) is 2.60. The van der Waals surface area contributed by atoms with Crippen molar-refractivity contribution in [2.24, 2.45) is 17.6 Å². The van der Waals surface area contributed by atoms with E-state index in [0.29, 0.717) is 24.2 Å². The van der Waals surface area contributed by atoms with Gasteiger partial charge in [0.05, 0.1) is 6.61 Å². The minimum absolute atomic E-state index is 0.0406. The third-order valence-corrected chi connectivity index (χ3v) is 3.64. The maximum atomic E-state index is 13.6. The van der Waals surface area contributed by atoms with Crippen molar-refractivity contribution in [1.82, 2.24) is 0 Å². The Labute approximate surface area is 101 Å². The smallest absolute Gasteiger partial charge is 0.165 e. The van der Waals surface area contributed by atoms with Crippen LogP contribution >= 0.6 is 0 Å². The summed E-state index contributed by atoms with van der Waals surface area (Å²) >= 11 is 0. The van der Waals surface area contributed by atoms with Crippen LogP contribution in [0.2, 0.25) is 0 Å². The van der Waals surface area contributed by atoms with Crippen LogP contribution in [0.4, 0.5) is 4.39 Å². The van der Waals surface area contributed by atoms with Crippen molar-refractivity contribution in [3.63, 3.8) is 0 Å². The molecule has 0 heterocycles. The van der Waals surface area contributed by atoms with Crippen LogP contribution in [0.15, 0.2) is 18.2 Å². The van der Waals surface area contributed by atoms with Gasteiger partial charge in [0.25, 0.3) is 0 Å². The Kier molecular flexibility index (Phi) is 2.79. The summed E-state index contributed by atoms with van der Waals surface area (Å²) in [6.45, 7) is 0.638. The first-order valence-electron chi connectivity index (χ1n) is 6.42. The Morgan fingerprint density at radius 3 is 2.71 bits per heavy atom. The zero-order valence-corrected chi connectivity index (χ0v) is 9.86. The summed E-state index contributed by atoms with van der Waals surface area (Å²) in [5, 5.41) is 0. The SMILES string of the molecule is N[C@@H](c1ccc(F)c(OCC2CC2)c1)C1CC1. The number of hydrogen-bond acceptors (Lipinski definition) is 2. The van der Waals surface area contributed by atoms with Crippen molar-refractivity contribution >= 4 is 0 Å². The lowest BCUT2D eigenvalue weighted by Gasteiger charge is -2.13. The van der Waals surface area contributed by atoms with E-state index in [0.717, 1.165) is 5.56 Å². The number of hydrogen-bond donors (Lipinski definition) is 1. The average molecular weight is 235 g/mol. The number of rotatable bonds is 5. The fourth-order valence-corrected chi connectivity index (χ4v) is 2.06. The summed E-state index contributed by atoms with van der Waals surface area (Å²) in [5.74, 6) is 1.30. The molecule has 0 spiro atoms. The molecule has 1 atom stereocenters. The molecule has 3 heteroatoms. The van der Waals surface area contributed by atoms with Gasteiger partial charge >= 0.3 is 0 Å². The quantitative estimate of drug-likeness (QED) is 0.851. The molecule has 3 rings (SSSR count). The fourth-order valence-electron chi connectivity index (χ4n) is 2.06. The average Bonchev–Trinajstić information content (AvgIpc) is 3.18. The van der Waals surface area contributed by atoms with Crippen molar-refractivity contribution in [2.75, 3.05) is 6.61 Å². The second-order valence-electron chi connectivity index (χ2n) is 5.31. The molecule has 0 saturated heterocycles. The van der Waals surface area contributed by atoms with Crippen LogP contribution in [0, 0.1) is 17.7 Å². The van der Waals surface area contributed by atoms with Gasteiger partial charge in [-0.05, 0) is 55.2 Å². The lowest BCUT2D eigenvalue weighted by atomic mass is 10.0. The van der Waals surface area contributed by atoms with E-state index in [1.165, 1.54) is 31.7 Å². The minimum Gasteiger partial charge on any atom is -0.490 e. The van der Waals surface area contributed by atoms with Gasteiger partial charge in [-0.25, -0.2) is 4.39 Å². The molecule has 2 saturated carbocycles. The summed E-state index contributed by atoms with van der Waals surface area (Å²) in [5.41, 5.74) is 7.11. The van der Waals surface area contributed by atoms with E-state index in [1.807, 2.05) is 0 Å². The summed E-state index contributed by atoms with van der Waals surface area (Å²) in [6, 6.07) is 5.07. The normalized spacial score (nSPS) is 21.3. The molecule has 2 aliphatic rings. The molecule has 2 aliphatic carbocycles. The van der Waals surface area contributed by atoms with Gasteiger partial charge in [0.1, 0.15) is 0 Å². The standard InChI is InChI=1S/C14H18FNO/c15-12-6-5-11(14(16)10-3-4-10)7-13(12)17-8-9-1-2-9/h5-7,9-10,14H,1-4,8,16H2/t14-/m1/s1. The van der Waals surface area contributed by atoms with E-state index >= 15 is 0 Å². The van der Waals surface area contributed by atoms with Gasteiger partial charge < -0.3 is 10.5 Å². The van der Waals surface area contributed by atoms with Gasteiger partial charge in [0, 0.05) is 6.04 Å². The number of ether oxygens (including phenoxy) is 1. The number of nitrogens with two attached hydrogens (primary N) is 1. The molecule has 0 aliphatic heterocycles. The lowest BCUT2D eigenvalue weighted by Crippen LogP contribution is -2.13. The molecule has 17 heavy (non-hydrogen) atoms. The van der Waals surface area contributed by atoms with E-state index in [1.54, 1.807) is 12.1 Å². The minimum atomic E-state index is -0.280. The van der Waals surface area contributed by atoms with Gasteiger partial charge in [-0.15, -0.1) is 0 Å². The second kappa shape index (κ2) is 4.30. The molecule has 2 N–H and O–H groups in total. The van der Waals surface area contributed by atoms with Crippen molar-refractivity contribution in [2.45, 2.75) is 31.7 Å². The van der Waals surface area contributed by atoms with Crippen molar-refractivity contribution < 1.29 is 9.13 Å². The van der Waals surface area contributed by atoms with E-state index in [-0.39, 0.29) is 11.9 Å². The van der Waals surface area contributed by atoms with Crippen LogP contribution in [-0.4, -0.2) is 6.61 Å². The molecular weight excluding hydrogens is 217 g/mol. The molecule has 0 bridgehead atoms.